The van der Waals surface area contributed by atoms with E-state index in [1.54, 1.807) is 0 Å². The molecule has 0 bridgehead atoms. The summed E-state index contributed by atoms with van der Waals surface area (Å²) in [5.74, 6) is 0.0681. The summed E-state index contributed by atoms with van der Waals surface area (Å²) in [6, 6.07) is 0. The standard InChI is InChI=1S/C42H82O2/c1-4-7-10-13-16-18-19-20-21-22-23-24-25-26-27-28-31-34-37-40-42(43)44-41(38-35-32-29-15-12-9-6-3)39-36-33-30-17-14-11-8-5-2/h20-21,41H,4-19,22-40H2,1-3H3/b21-20-. The highest BCUT2D eigenvalue weighted by Gasteiger charge is 2.14. The molecule has 2 nitrogen and oxygen atoms in total. The Balaban J connectivity index is 3.81. The molecule has 0 saturated carbocycles. The van der Waals surface area contributed by atoms with Gasteiger partial charge in [0.2, 0.25) is 0 Å². The van der Waals surface area contributed by atoms with Gasteiger partial charge in [0.15, 0.2) is 0 Å². The van der Waals surface area contributed by atoms with Gasteiger partial charge in [0.25, 0.3) is 0 Å². The van der Waals surface area contributed by atoms with Crippen LogP contribution in [0.5, 0.6) is 0 Å². The molecule has 44 heavy (non-hydrogen) atoms. The minimum Gasteiger partial charge on any atom is -0.462 e. The SMILES string of the molecule is CCCCCCCC/C=C\CCCCCCCCCCCC(=O)OC(CCCCCCCCC)CCCCCCCCCC. The molecule has 0 aromatic carbocycles. The van der Waals surface area contributed by atoms with Gasteiger partial charge >= 0.3 is 5.97 Å². The van der Waals surface area contributed by atoms with Gasteiger partial charge < -0.3 is 4.74 Å². The third kappa shape index (κ3) is 35.7. The van der Waals surface area contributed by atoms with Crippen molar-refractivity contribution in [2.45, 2.75) is 252 Å². The molecule has 0 aromatic rings. The third-order valence-electron chi connectivity index (χ3n) is 9.45. The minimum absolute atomic E-state index is 0.0681. The Kier molecular flexibility index (Phi) is 37.7. The van der Waals surface area contributed by atoms with Crippen molar-refractivity contribution in [3.8, 4) is 0 Å². The number of esters is 1. The van der Waals surface area contributed by atoms with Crippen LogP contribution in [-0.2, 0) is 9.53 Å². The summed E-state index contributed by atoms with van der Waals surface area (Å²) < 4.78 is 6.05. The highest BCUT2D eigenvalue weighted by Crippen LogP contribution is 2.19. The number of rotatable bonds is 37. The molecule has 1 unspecified atom stereocenters. The number of hydrogen-bond donors (Lipinski definition) is 0. The fourth-order valence-electron chi connectivity index (χ4n) is 6.39. The molecule has 0 aromatic heterocycles. The van der Waals surface area contributed by atoms with Gasteiger partial charge in [-0.05, 0) is 57.8 Å². The first-order valence-electron chi connectivity index (χ1n) is 20.6. The summed E-state index contributed by atoms with van der Waals surface area (Å²) in [5.41, 5.74) is 0. The van der Waals surface area contributed by atoms with Gasteiger partial charge in [-0.2, -0.15) is 0 Å². The largest absolute Gasteiger partial charge is 0.462 e. The van der Waals surface area contributed by atoms with Gasteiger partial charge in [-0.25, -0.2) is 0 Å². The second-order valence-electron chi connectivity index (χ2n) is 14.0. The molecular weight excluding hydrogens is 536 g/mol. The first kappa shape index (κ1) is 43.2. The zero-order valence-electron chi connectivity index (χ0n) is 30.8. The quantitative estimate of drug-likeness (QED) is 0.0393. The van der Waals surface area contributed by atoms with Crippen LogP contribution in [0.2, 0.25) is 0 Å². The number of ether oxygens (including phenoxy) is 1. The average Bonchev–Trinajstić information content (AvgIpc) is 3.02. The molecule has 0 amide bonds. The number of carbonyl (C=O) groups excluding carboxylic acids is 1. The van der Waals surface area contributed by atoms with Crippen molar-refractivity contribution < 1.29 is 9.53 Å². The van der Waals surface area contributed by atoms with E-state index >= 15 is 0 Å². The lowest BCUT2D eigenvalue weighted by Crippen LogP contribution is -2.18. The van der Waals surface area contributed by atoms with Crippen molar-refractivity contribution in [3.05, 3.63) is 12.2 Å². The molecule has 0 aliphatic rings. The number of hydrogen-bond acceptors (Lipinski definition) is 2. The van der Waals surface area contributed by atoms with Gasteiger partial charge in [0, 0.05) is 6.42 Å². The Bertz CT molecular complexity index is 568. The fraction of sp³-hybridized carbons (Fsp3) is 0.929. The zero-order valence-corrected chi connectivity index (χ0v) is 30.8. The van der Waals surface area contributed by atoms with E-state index in [0.29, 0.717) is 6.42 Å². The van der Waals surface area contributed by atoms with Crippen molar-refractivity contribution >= 4 is 5.97 Å². The summed E-state index contributed by atoms with van der Waals surface area (Å²) in [7, 11) is 0. The monoisotopic (exact) mass is 619 g/mol. The van der Waals surface area contributed by atoms with Crippen LogP contribution in [-0.4, -0.2) is 12.1 Å². The lowest BCUT2D eigenvalue weighted by molar-refractivity contribution is -0.150. The molecule has 0 N–H and O–H groups in total. The lowest BCUT2D eigenvalue weighted by atomic mass is 10.0. The summed E-state index contributed by atoms with van der Waals surface area (Å²) in [6.45, 7) is 6.85. The maximum atomic E-state index is 12.7. The minimum atomic E-state index is 0.0681. The lowest BCUT2D eigenvalue weighted by Gasteiger charge is -2.18. The molecule has 262 valence electrons. The normalized spacial score (nSPS) is 12.3. The van der Waals surface area contributed by atoms with E-state index in [-0.39, 0.29) is 12.1 Å². The van der Waals surface area contributed by atoms with E-state index in [0.717, 1.165) is 19.3 Å². The van der Waals surface area contributed by atoms with Crippen LogP contribution in [0.3, 0.4) is 0 Å². The molecule has 0 rings (SSSR count). The molecule has 0 spiro atoms. The van der Waals surface area contributed by atoms with Crippen molar-refractivity contribution in [2.75, 3.05) is 0 Å². The number of unbranched alkanes of at least 4 members (excludes halogenated alkanes) is 28. The van der Waals surface area contributed by atoms with E-state index in [2.05, 4.69) is 32.9 Å². The van der Waals surface area contributed by atoms with E-state index in [9.17, 15) is 4.79 Å². The average molecular weight is 619 g/mol. The molecule has 1 atom stereocenters. The van der Waals surface area contributed by atoms with Gasteiger partial charge in [-0.3, -0.25) is 4.79 Å². The predicted molar refractivity (Wildman–Crippen MR) is 198 cm³/mol. The summed E-state index contributed by atoms with van der Waals surface area (Å²) in [5, 5.41) is 0. The molecule has 0 aliphatic carbocycles. The van der Waals surface area contributed by atoms with Crippen molar-refractivity contribution in [1.29, 1.82) is 0 Å². The van der Waals surface area contributed by atoms with E-state index < -0.39 is 0 Å². The molecule has 0 heterocycles. The van der Waals surface area contributed by atoms with Crippen LogP contribution in [0.1, 0.15) is 245 Å². The number of carbonyl (C=O) groups is 1. The Morgan fingerprint density at radius 3 is 1.07 bits per heavy atom. The first-order valence-corrected chi connectivity index (χ1v) is 20.6. The van der Waals surface area contributed by atoms with Crippen LogP contribution in [0.25, 0.3) is 0 Å². The predicted octanol–water partition coefficient (Wildman–Crippen LogP) is 15.2. The molecule has 0 aliphatic heterocycles. The summed E-state index contributed by atoms with van der Waals surface area (Å²) in [4.78, 5) is 12.7. The molecular formula is C42H82O2. The first-order chi connectivity index (χ1) is 21.7. The molecule has 2 heteroatoms. The van der Waals surface area contributed by atoms with Crippen LogP contribution in [0.15, 0.2) is 12.2 Å². The van der Waals surface area contributed by atoms with Crippen molar-refractivity contribution in [3.63, 3.8) is 0 Å². The van der Waals surface area contributed by atoms with Crippen LogP contribution in [0, 0.1) is 0 Å². The van der Waals surface area contributed by atoms with Gasteiger partial charge in [-0.1, -0.05) is 193 Å². The van der Waals surface area contributed by atoms with Gasteiger partial charge in [-0.15, -0.1) is 0 Å². The second-order valence-corrected chi connectivity index (χ2v) is 14.0. The maximum Gasteiger partial charge on any atom is 0.306 e. The summed E-state index contributed by atoms with van der Waals surface area (Å²) >= 11 is 0. The van der Waals surface area contributed by atoms with Crippen molar-refractivity contribution in [2.24, 2.45) is 0 Å². The Labute approximate surface area is 278 Å². The molecule has 0 saturated heterocycles. The third-order valence-corrected chi connectivity index (χ3v) is 9.45. The smallest absolute Gasteiger partial charge is 0.306 e. The topological polar surface area (TPSA) is 26.3 Å². The van der Waals surface area contributed by atoms with Crippen LogP contribution >= 0.6 is 0 Å². The van der Waals surface area contributed by atoms with Gasteiger partial charge in [0.05, 0.1) is 0 Å². The van der Waals surface area contributed by atoms with Crippen LogP contribution < -0.4 is 0 Å². The maximum absolute atomic E-state index is 12.7. The van der Waals surface area contributed by atoms with E-state index in [1.807, 2.05) is 0 Å². The summed E-state index contributed by atoms with van der Waals surface area (Å²) in [6.07, 6.45) is 50.4. The number of allylic oxidation sites excluding steroid dienone is 2. The fourth-order valence-corrected chi connectivity index (χ4v) is 6.39. The van der Waals surface area contributed by atoms with Crippen molar-refractivity contribution in [1.82, 2.24) is 0 Å². The second kappa shape index (κ2) is 38.4. The zero-order chi connectivity index (χ0) is 32.0. The van der Waals surface area contributed by atoms with E-state index in [1.165, 1.54) is 199 Å². The Morgan fingerprint density at radius 1 is 0.409 bits per heavy atom. The Hall–Kier alpha value is -0.790. The van der Waals surface area contributed by atoms with E-state index in [4.69, 9.17) is 4.74 Å². The van der Waals surface area contributed by atoms with Crippen LogP contribution in [0.4, 0.5) is 0 Å². The highest BCUT2D eigenvalue weighted by atomic mass is 16.5. The Morgan fingerprint density at radius 2 is 0.705 bits per heavy atom. The van der Waals surface area contributed by atoms with Gasteiger partial charge in [0.1, 0.15) is 6.10 Å². The highest BCUT2D eigenvalue weighted by molar-refractivity contribution is 5.69. The molecule has 0 fully saturated rings. The molecule has 0 radical (unpaired) electrons.